The van der Waals surface area contributed by atoms with E-state index in [1.807, 2.05) is 0 Å². The summed E-state index contributed by atoms with van der Waals surface area (Å²) in [6, 6.07) is 8.85. The third-order valence-corrected chi connectivity index (χ3v) is 4.67. The predicted octanol–water partition coefficient (Wildman–Crippen LogP) is 4.07. The molecule has 0 amide bonds. The largest absolute Gasteiger partial charge is 0.371 e. The second-order valence-electron chi connectivity index (χ2n) is 6.48. The Balaban J connectivity index is 2.26. The van der Waals surface area contributed by atoms with Crippen molar-refractivity contribution in [1.29, 1.82) is 5.26 Å². The van der Waals surface area contributed by atoms with Gasteiger partial charge in [-0.25, -0.2) is 0 Å². The molecule has 0 N–H and O–H groups in total. The lowest BCUT2D eigenvalue weighted by molar-refractivity contribution is 0.174. The normalized spacial score (nSPS) is 22.1. The van der Waals surface area contributed by atoms with Crippen molar-refractivity contribution < 1.29 is 0 Å². The Labute approximate surface area is 117 Å². The smallest absolute Gasteiger partial charge is 0.0625 e. The second kappa shape index (κ2) is 5.25. The number of aryl methyl sites for hydroxylation is 2. The molecule has 1 aromatic carbocycles. The molecule has 2 heteroatoms. The van der Waals surface area contributed by atoms with Crippen LogP contribution in [0.5, 0.6) is 0 Å². The van der Waals surface area contributed by atoms with Crippen LogP contribution in [0.4, 0.5) is 5.69 Å². The monoisotopic (exact) mass is 256 g/mol. The van der Waals surface area contributed by atoms with Crippen molar-refractivity contribution in [2.75, 3.05) is 18.0 Å². The van der Waals surface area contributed by atoms with E-state index in [1.54, 1.807) is 0 Å². The average Bonchev–Trinajstić information content (AvgIpc) is 2.33. The Hall–Kier alpha value is -1.49. The SMILES string of the molecule is Cc1cccc(C)c1N1CCC(C)(C)C(CC#N)C1. The summed E-state index contributed by atoms with van der Waals surface area (Å²) in [5, 5.41) is 9.05. The fourth-order valence-electron chi connectivity index (χ4n) is 3.19. The van der Waals surface area contributed by atoms with Crippen molar-refractivity contribution in [2.24, 2.45) is 11.3 Å². The maximum Gasteiger partial charge on any atom is 0.0625 e. The van der Waals surface area contributed by atoms with Crippen LogP contribution in [-0.2, 0) is 0 Å². The van der Waals surface area contributed by atoms with Crippen LogP contribution in [0.3, 0.4) is 0 Å². The number of nitriles is 1. The Morgan fingerprint density at radius 1 is 1.32 bits per heavy atom. The van der Waals surface area contributed by atoms with E-state index in [2.05, 4.69) is 56.9 Å². The molecule has 1 fully saturated rings. The zero-order valence-corrected chi connectivity index (χ0v) is 12.5. The van der Waals surface area contributed by atoms with E-state index in [0.717, 1.165) is 19.5 Å². The first-order valence-corrected chi connectivity index (χ1v) is 7.14. The van der Waals surface area contributed by atoms with Gasteiger partial charge in [0, 0.05) is 25.2 Å². The highest BCUT2D eigenvalue weighted by molar-refractivity contribution is 5.59. The summed E-state index contributed by atoms with van der Waals surface area (Å²) in [7, 11) is 0. The van der Waals surface area contributed by atoms with Gasteiger partial charge < -0.3 is 4.90 Å². The molecule has 0 bridgehead atoms. The minimum Gasteiger partial charge on any atom is -0.371 e. The van der Waals surface area contributed by atoms with Gasteiger partial charge >= 0.3 is 0 Å². The topological polar surface area (TPSA) is 27.0 Å². The molecule has 102 valence electrons. The number of benzene rings is 1. The van der Waals surface area contributed by atoms with E-state index in [9.17, 15) is 0 Å². The number of para-hydroxylation sites is 1. The summed E-state index contributed by atoms with van der Waals surface area (Å²) >= 11 is 0. The van der Waals surface area contributed by atoms with Crippen LogP contribution in [-0.4, -0.2) is 13.1 Å². The summed E-state index contributed by atoms with van der Waals surface area (Å²) in [6.07, 6.45) is 1.82. The van der Waals surface area contributed by atoms with Crippen molar-refractivity contribution in [2.45, 2.75) is 40.5 Å². The van der Waals surface area contributed by atoms with Crippen molar-refractivity contribution in [1.82, 2.24) is 0 Å². The molecule has 2 nitrogen and oxygen atoms in total. The van der Waals surface area contributed by atoms with Gasteiger partial charge in [0.1, 0.15) is 0 Å². The van der Waals surface area contributed by atoms with Crippen LogP contribution in [0.2, 0.25) is 0 Å². The first-order chi connectivity index (χ1) is 8.95. The number of rotatable bonds is 2. The number of piperidine rings is 1. The summed E-state index contributed by atoms with van der Waals surface area (Å²) < 4.78 is 0. The highest BCUT2D eigenvalue weighted by Crippen LogP contribution is 2.40. The molecule has 1 atom stereocenters. The lowest BCUT2D eigenvalue weighted by Crippen LogP contribution is -2.45. The van der Waals surface area contributed by atoms with Gasteiger partial charge in [0.15, 0.2) is 0 Å². The molecule has 1 saturated heterocycles. The summed E-state index contributed by atoms with van der Waals surface area (Å²) in [5.74, 6) is 0.463. The van der Waals surface area contributed by atoms with Gasteiger partial charge in [0.25, 0.3) is 0 Å². The summed E-state index contributed by atoms with van der Waals surface area (Å²) in [4.78, 5) is 2.48. The predicted molar refractivity (Wildman–Crippen MR) is 80.2 cm³/mol. The zero-order valence-electron chi connectivity index (χ0n) is 12.5. The fourth-order valence-corrected chi connectivity index (χ4v) is 3.19. The minimum absolute atomic E-state index is 0.281. The van der Waals surface area contributed by atoms with Crippen molar-refractivity contribution >= 4 is 5.69 Å². The summed E-state index contributed by atoms with van der Waals surface area (Å²) in [6.45, 7) is 11.1. The molecule has 1 aromatic rings. The molecule has 0 radical (unpaired) electrons. The molecular weight excluding hydrogens is 232 g/mol. The van der Waals surface area contributed by atoms with Gasteiger partial charge in [-0.3, -0.25) is 0 Å². The average molecular weight is 256 g/mol. The molecule has 1 heterocycles. The number of nitrogens with zero attached hydrogens (tertiary/aromatic N) is 2. The van der Waals surface area contributed by atoms with Gasteiger partial charge in [-0.05, 0) is 42.7 Å². The van der Waals surface area contributed by atoms with E-state index in [4.69, 9.17) is 5.26 Å². The zero-order chi connectivity index (χ0) is 14.0. The van der Waals surface area contributed by atoms with Crippen molar-refractivity contribution in [3.8, 4) is 6.07 Å². The molecular formula is C17H24N2. The highest BCUT2D eigenvalue weighted by atomic mass is 15.1. The van der Waals surface area contributed by atoms with Crippen LogP contribution in [0.15, 0.2) is 18.2 Å². The number of anilines is 1. The lowest BCUT2D eigenvalue weighted by Gasteiger charge is -2.45. The Bertz CT molecular complexity index is 476. The van der Waals surface area contributed by atoms with Crippen LogP contribution < -0.4 is 4.90 Å². The second-order valence-corrected chi connectivity index (χ2v) is 6.48. The van der Waals surface area contributed by atoms with Gasteiger partial charge in [-0.1, -0.05) is 32.0 Å². The highest BCUT2D eigenvalue weighted by Gasteiger charge is 2.35. The molecule has 19 heavy (non-hydrogen) atoms. The van der Waals surface area contributed by atoms with Gasteiger partial charge in [0.05, 0.1) is 6.07 Å². The molecule has 1 unspecified atom stereocenters. The van der Waals surface area contributed by atoms with Gasteiger partial charge in [-0.2, -0.15) is 5.26 Å². The molecule has 0 aliphatic carbocycles. The quantitative estimate of drug-likeness (QED) is 0.797. The third-order valence-electron chi connectivity index (χ3n) is 4.67. The molecule has 2 rings (SSSR count). The molecule has 0 spiro atoms. The van der Waals surface area contributed by atoms with Crippen LogP contribution in [0, 0.1) is 36.5 Å². The number of hydrogen-bond donors (Lipinski definition) is 0. The van der Waals surface area contributed by atoms with E-state index in [1.165, 1.54) is 16.8 Å². The molecule has 0 saturated carbocycles. The van der Waals surface area contributed by atoms with Crippen molar-refractivity contribution in [3.05, 3.63) is 29.3 Å². The van der Waals surface area contributed by atoms with Gasteiger partial charge in [0.2, 0.25) is 0 Å². The first-order valence-electron chi connectivity index (χ1n) is 7.14. The Kier molecular flexibility index (Phi) is 3.85. The van der Waals surface area contributed by atoms with E-state index < -0.39 is 0 Å². The van der Waals surface area contributed by atoms with Crippen molar-refractivity contribution in [3.63, 3.8) is 0 Å². The van der Waals surface area contributed by atoms with Crippen LogP contribution in [0.25, 0.3) is 0 Å². The maximum atomic E-state index is 9.05. The third kappa shape index (κ3) is 2.76. The van der Waals surface area contributed by atoms with E-state index in [0.29, 0.717) is 12.3 Å². The van der Waals surface area contributed by atoms with Crippen LogP contribution in [0.1, 0.15) is 37.8 Å². The Morgan fingerprint density at radius 2 is 1.95 bits per heavy atom. The lowest BCUT2D eigenvalue weighted by atomic mass is 9.72. The van der Waals surface area contributed by atoms with E-state index in [-0.39, 0.29) is 5.41 Å². The van der Waals surface area contributed by atoms with Gasteiger partial charge in [-0.15, -0.1) is 0 Å². The molecule has 1 aliphatic heterocycles. The minimum atomic E-state index is 0.281. The summed E-state index contributed by atoms with van der Waals surface area (Å²) in [5.41, 5.74) is 4.34. The maximum absolute atomic E-state index is 9.05. The first kappa shape index (κ1) is 13.9. The van der Waals surface area contributed by atoms with E-state index >= 15 is 0 Å². The standard InChI is InChI=1S/C17H24N2/c1-13-6-5-7-14(2)16(13)19-11-9-17(3,4)15(12-19)8-10-18/h5-7,15H,8-9,11-12H2,1-4H3. The molecule has 1 aliphatic rings. The number of hydrogen-bond acceptors (Lipinski definition) is 2. The Morgan fingerprint density at radius 3 is 2.53 bits per heavy atom. The van der Waals surface area contributed by atoms with Crippen LogP contribution >= 0.6 is 0 Å². The fraction of sp³-hybridized carbons (Fsp3) is 0.588. The molecule has 0 aromatic heterocycles.